The van der Waals surface area contributed by atoms with Crippen LogP contribution in [-0.4, -0.2) is 57.7 Å². The van der Waals surface area contributed by atoms with Crippen molar-refractivity contribution in [1.82, 2.24) is 25.7 Å². The van der Waals surface area contributed by atoms with Crippen LogP contribution in [0.2, 0.25) is 0 Å². The fourth-order valence-corrected chi connectivity index (χ4v) is 1.77. The number of H-pyrrole nitrogens is 2. The van der Waals surface area contributed by atoms with Crippen molar-refractivity contribution in [3.05, 3.63) is 35.9 Å². The molecule has 0 aromatic carbocycles. The van der Waals surface area contributed by atoms with Gasteiger partial charge in [0.25, 0.3) is 5.91 Å². The summed E-state index contributed by atoms with van der Waals surface area (Å²) in [5.41, 5.74) is 1.33. The van der Waals surface area contributed by atoms with E-state index in [0.29, 0.717) is 18.7 Å². The minimum atomic E-state index is -0.564. The standard InChI is InChI=1S/C14H18N6O4/c1-2-23-12(21)9-24-20-13(11-4-6-16-19-11)14(22)15-5-3-10-7-17-18-8-10/h4,6-8H,2-3,5,9H2,1H3,(H,15,22)(H,16,19)(H,17,18). The number of carbonyl (C=O) groups excluding carboxylic acids is 2. The van der Waals surface area contributed by atoms with Crippen molar-refractivity contribution in [2.45, 2.75) is 13.3 Å². The van der Waals surface area contributed by atoms with Crippen molar-refractivity contribution in [2.75, 3.05) is 19.8 Å². The van der Waals surface area contributed by atoms with Gasteiger partial charge in [0.1, 0.15) is 0 Å². The summed E-state index contributed by atoms with van der Waals surface area (Å²) >= 11 is 0. The molecule has 0 aliphatic carbocycles. The van der Waals surface area contributed by atoms with Crippen LogP contribution in [0.25, 0.3) is 0 Å². The van der Waals surface area contributed by atoms with Crippen LogP contribution in [0.3, 0.4) is 0 Å². The number of carbonyl (C=O) groups is 2. The molecule has 0 radical (unpaired) electrons. The predicted molar refractivity (Wildman–Crippen MR) is 83.0 cm³/mol. The lowest BCUT2D eigenvalue weighted by Gasteiger charge is -2.06. The highest BCUT2D eigenvalue weighted by Gasteiger charge is 2.16. The molecule has 1 amide bonds. The number of hydrogen-bond donors (Lipinski definition) is 3. The fraction of sp³-hybridized carbons (Fsp3) is 0.357. The topological polar surface area (TPSA) is 134 Å². The Bertz CT molecular complexity index is 666. The molecule has 0 unspecified atom stereocenters. The first-order valence-electron chi connectivity index (χ1n) is 7.32. The van der Waals surface area contributed by atoms with E-state index >= 15 is 0 Å². The van der Waals surface area contributed by atoms with Gasteiger partial charge in [-0.2, -0.15) is 10.2 Å². The Balaban J connectivity index is 1.92. The van der Waals surface area contributed by atoms with E-state index in [9.17, 15) is 9.59 Å². The van der Waals surface area contributed by atoms with Crippen LogP contribution in [0.15, 0.2) is 29.8 Å². The zero-order chi connectivity index (χ0) is 17.2. The van der Waals surface area contributed by atoms with Crippen molar-refractivity contribution in [3.63, 3.8) is 0 Å². The van der Waals surface area contributed by atoms with E-state index in [4.69, 9.17) is 9.57 Å². The summed E-state index contributed by atoms with van der Waals surface area (Å²) in [6.45, 7) is 1.94. The second-order valence-corrected chi connectivity index (χ2v) is 4.60. The number of nitrogens with zero attached hydrogens (tertiary/aromatic N) is 3. The third-order valence-corrected chi connectivity index (χ3v) is 2.87. The van der Waals surface area contributed by atoms with Crippen LogP contribution in [0, 0.1) is 0 Å². The Morgan fingerprint density at radius 2 is 2.25 bits per heavy atom. The summed E-state index contributed by atoms with van der Waals surface area (Å²) in [5.74, 6) is -1.02. The lowest BCUT2D eigenvalue weighted by atomic mass is 10.2. The lowest BCUT2D eigenvalue weighted by molar-refractivity contribution is -0.148. The minimum Gasteiger partial charge on any atom is -0.463 e. The molecule has 10 heteroatoms. The zero-order valence-electron chi connectivity index (χ0n) is 13.1. The molecule has 0 fully saturated rings. The highest BCUT2D eigenvalue weighted by molar-refractivity contribution is 6.44. The summed E-state index contributed by atoms with van der Waals surface area (Å²) in [7, 11) is 0. The molecule has 2 aromatic heterocycles. The third-order valence-electron chi connectivity index (χ3n) is 2.87. The van der Waals surface area contributed by atoms with Crippen LogP contribution in [0.4, 0.5) is 0 Å². The molecule has 0 aliphatic heterocycles. The second kappa shape index (κ2) is 9.08. The summed E-state index contributed by atoms with van der Waals surface area (Å²) in [6, 6.07) is 1.57. The molecule has 0 aliphatic rings. The van der Waals surface area contributed by atoms with Crippen molar-refractivity contribution in [1.29, 1.82) is 0 Å². The lowest BCUT2D eigenvalue weighted by Crippen LogP contribution is -2.33. The fourth-order valence-electron chi connectivity index (χ4n) is 1.77. The Hall–Kier alpha value is -3.17. The summed E-state index contributed by atoms with van der Waals surface area (Å²) in [6.07, 6.45) is 5.52. The molecule has 0 bridgehead atoms. The van der Waals surface area contributed by atoms with E-state index in [2.05, 4.69) is 30.9 Å². The molecule has 0 spiro atoms. The zero-order valence-corrected chi connectivity index (χ0v) is 13.1. The molecule has 10 nitrogen and oxygen atoms in total. The van der Waals surface area contributed by atoms with Crippen LogP contribution >= 0.6 is 0 Å². The molecule has 0 atom stereocenters. The molecular formula is C14H18N6O4. The van der Waals surface area contributed by atoms with Gasteiger partial charge in [-0.15, -0.1) is 0 Å². The number of oxime groups is 1. The second-order valence-electron chi connectivity index (χ2n) is 4.60. The van der Waals surface area contributed by atoms with Crippen LogP contribution < -0.4 is 5.32 Å². The van der Waals surface area contributed by atoms with Gasteiger partial charge in [0, 0.05) is 18.9 Å². The molecule has 0 saturated carbocycles. The van der Waals surface area contributed by atoms with Gasteiger partial charge in [-0.25, -0.2) is 4.79 Å². The molecule has 2 heterocycles. The van der Waals surface area contributed by atoms with E-state index in [1.807, 2.05) is 0 Å². The average Bonchev–Trinajstić information content (AvgIpc) is 3.25. The monoisotopic (exact) mass is 334 g/mol. The molecule has 0 saturated heterocycles. The minimum absolute atomic E-state index is 0.0102. The number of hydrogen-bond acceptors (Lipinski definition) is 7. The maximum absolute atomic E-state index is 12.3. The summed E-state index contributed by atoms with van der Waals surface area (Å²) in [4.78, 5) is 28.4. The molecule has 24 heavy (non-hydrogen) atoms. The highest BCUT2D eigenvalue weighted by Crippen LogP contribution is 1.99. The molecule has 3 N–H and O–H groups in total. The number of ether oxygens (including phenoxy) is 1. The van der Waals surface area contributed by atoms with Crippen LogP contribution in [0.5, 0.6) is 0 Å². The maximum atomic E-state index is 12.3. The number of aromatic amines is 2. The van der Waals surface area contributed by atoms with E-state index in [0.717, 1.165) is 5.56 Å². The Morgan fingerprint density at radius 1 is 1.38 bits per heavy atom. The average molecular weight is 334 g/mol. The van der Waals surface area contributed by atoms with Crippen molar-refractivity contribution in [2.24, 2.45) is 5.16 Å². The highest BCUT2D eigenvalue weighted by atomic mass is 16.7. The first kappa shape index (κ1) is 17.2. The van der Waals surface area contributed by atoms with Crippen molar-refractivity contribution >= 4 is 17.6 Å². The van der Waals surface area contributed by atoms with E-state index in [-0.39, 0.29) is 18.9 Å². The van der Waals surface area contributed by atoms with Gasteiger partial charge < -0.3 is 14.9 Å². The first-order valence-corrected chi connectivity index (χ1v) is 7.32. The number of esters is 1. The molecule has 2 rings (SSSR count). The smallest absolute Gasteiger partial charge is 0.347 e. The maximum Gasteiger partial charge on any atom is 0.347 e. The predicted octanol–water partition coefficient (Wildman–Crippen LogP) is -0.224. The van der Waals surface area contributed by atoms with Gasteiger partial charge >= 0.3 is 5.97 Å². The Kier molecular flexibility index (Phi) is 6.50. The number of aromatic nitrogens is 4. The van der Waals surface area contributed by atoms with Crippen molar-refractivity contribution < 1.29 is 19.2 Å². The van der Waals surface area contributed by atoms with Gasteiger partial charge in [-0.05, 0) is 25.0 Å². The Labute approximate surface area is 137 Å². The van der Waals surface area contributed by atoms with E-state index < -0.39 is 11.9 Å². The van der Waals surface area contributed by atoms with Crippen molar-refractivity contribution in [3.8, 4) is 0 Å². The SMILES string of the molecule is CCOC(=O)CON=C(C(=O)NCCc1cn[nH]c1)c1ccn[nH]1. The molecule has 128 valence electrons. The van der Waals surface area contributed by atoms with E-state index in [1.54, 1.807) is 25.4 Å². The Morgan fingerprint density at radius 3 is 2.92 bits per heavy atom. The van der Waals surface area contributed by atoms with Gasteiger partial charge in [-0.1, -0.05) is 5.16 Å². The molecular weight excluding hydrogens is 316 g/mol. The van der Waals surface area contributed by atoms with Gasteiger partial charge in [-0.3, -0.25) is 15.0 Å². The third kappa shape index (κ3) is 5.23. The van der Waals surface area contributed by atoms with Gasteiger partial charge in [0.05, 0.1) is 18.5 Å². The number of rotatable bonds is 9. The summed E-state index contributed by atoms with van der Waals surface area (Å²) < 4.78 is 4.72. The normalized spacial score (nSPS) is 11.1. The quantitative estimate of drug-likeness (QED) is 0.329. The van der Waals surface area contributed by atoms with Gasteiger partial charge in [0.2, 0.25) is 6.61 Å². The first-order chi connectivity index (χ1) is 11.7. The molecule has 2 aromatic rings. The largest absolute Gasteiger partial charge is 0.463 e. The van der Waals surface area contributed by atoms with E-state index in [1.165, 1.54) is 6.20 Å². The van der Waals surface area contributed by atoms with Gasteiger partial charge in [0.15, 0.2) is 5.71 Å². The van der Waals surface area contributed by atoms with Crippen LogP contribution in [-0.2, 0) is 25.6 Å². The van der Waals surface area contributed by atoms with Crippen LogP contribution in [0.1, 0.15) is 18.2 Å². The number of nitrogens with one attached hydrogen (secondary N) is 3. The number of amides is 1. The summed E-state index contributed by atoms with van der Waals surface area (Å²) in [5, 5.41) is 19.4.